The molecule has 0 unspecified atom stereocenters. The van der Waals surface area contributed by atoms with E-state index in [0.29, 0.717) is 22.5 Å². The molecule has 0 aliphatic heterocycles. The number of aromatic nitrogens is 1. The highest BCUT2D eigenvalue weighted by molar-refractivity contribution is 6.02. The zero-order valence-electron chi connectivity index (χ0n) is 13.9. The number of ketones is 1. The van der Waals surface area contributed by atoms with Crippen molar-refractivity contribution in [3.05, 3.63) is 58.4 Å². The molecule has 0 radical (unpaired) electrons. The van der Waals surface area contributed by atoms with Crippen LogP contribution in [0.15, 0.2) is 30.3 Å². The molecular formula is C18H22N2O3. The standard InChI is InChI=1S/C18H22N2O3/c1-11-16(18(22)23-4)13(3)20-17(11)15(21)10-19-12(2)14-8-6-5-7-9-14/h5-9,12,19-20H,10H2,1-4H3/t12-/m0/s1. The normalized spacial score (nSPS) is 12.0. The van der Waals surface area contributed by atoms with Crippen molar-refractivity contribution in [1.29, 1.82) is 0 Å². The van der Waals surface area contributed by atoms with Crippen molar-refractivity contribution < 1.29 is 14.3 Å². The predicted octanol–water partition coefficient (Wildman–Crippen LogP) is 2.95. The van der Waals surface area contributed by atoms with Crippen molar-refractivity contribution in [2.45, 2.75) is 26.8 Å². The lowest BCUT2D eigenvalue weighted by atomic mass is 10.1. The van der Waals surface area contributed by atoms with Crippen LogP contribution in [0, 0.1) is 13.8 Å². The van der Waals surface area contributed by atoms with Crippen molar-refractivity contribution in [3.8, 4) is 0 Å². The van der Waals surface area contributed by atoms with Gasteiger partial charge in [0.05, 0.1) is 24.9 Å². The van der Waals surface area contributed by atoms with Crippen LogP contribution in [0.4, 0.5) is 0 Å². The highest BCUT2D eigenvalue weighted by Gasteiger charge is 2.22. The molecular weight excluding hydrogens is 292 g/mol. The molecule has 1 aromatic carbocycles. The Morgan fingerprint density at radius 2 is 1.87 bits per heavy atom. The average Bonchev–Trinajstić information content (AvgIpc) is 2.87. The van der Waals surface area contributed by atoms with Gasteiger partial charge in [0.15, 0.2) is 5.78 Å². The van der Waals surface area contributed by atoms with Crippen LogP contribution in [0.5, 0.6) is 0 Å². The molecule has 0 amide bonds. The minimum absolute atomic E-state index is 0.0663. The monoisotopic (exact) mass is 314 g/mol. The largest absolute Gasteiger partial charge is 0.465 e. The molecule has 0 saturated carbocycles. The quantitative estimate of drug-likeness (QED) is 0.635. The summed E-state index contributed by atoms with van der Waals surface area (Å²) < 4.78 is 4.76. The zero-order valence-corrected chi connectivity index (χ0v) is 13.9. The number of methoxy groups -OCH3 is 1. The van der Waals surface area contributed by atoms with Gasteiger partial charge in [0.1, 0.15) is 0 Å². The van der Waals surface area contributed by atoms with Gasteiger partial charge in [-0.1, -0.05) is 30.3 Å². The number of carbonyl (C=O) groups excluding carboxylic acids is 2. The molecule has 1 atom stereocenters. The molecule has 0 saturated heterocycles. The van der Waals surface area contributed by atoms with E-state index in [1.165, 1.54) is 7.11 Å². The first-order valence-corrected chi connectivity index (χ1v) is 7.54. The third-order valence-corrected chi connectivity index (χ3v) is 3.97. The number of benzene rings is 1. The Kier molecular flexibility index (Phi) is 5.34. The van der Waals surface area contributed by atoms with Crippen molar-refractivity contribution in [1.82, 2.24) is 10.3 Å². The van der Waals surface area contributed by atoms with Crippen molar-refractivity contribution in [2.75, 3.05) is 13.7 Å². The molecule has 1 aromatic heterocycles. The predicted molar refractivity (Wildman–Crippen MR) is 88.8 cm³/mol. The molecule has 2 aromatic rings. The van der Waals surface area contributed by atoms with Gasteiger partial charge in [-0.2, -0.15) is 0 Å². The number of carbonyl (C=O) groups is 2. The topological polar surface area (TPSA) is 71.2 Å². The molecule has 23 heavy (non-hydrogen) atoms. The van der Waals surface area contributed by atoms with E-state index in [-0.39, 0.29) is 18.4 Å². The molecule has 0 aliphatic rings. The van der Waals surface area contributed by atoms with Crippen molar-refractivity contribution >= 4 is 11.8 Å². The van der Waals surface area contributed by atoms with Crippen molar-refractivity contribution in [2.24, 2.45) is 0 Å². The smallest absolute Gasteiger partial charge is 0.339 e. The summed E-state index contributed by atoms with van der Waals surface area (Å²) in [6, 6.07) is 9.99. The second-order valence-corrected chi connectivity index (χ2v) is 5.55. The van der Waals surface area contributed by atoms with E-state index in [4.69, 9.17) is 4.74 Å². The van der Waals surface area contributed by atoms with Gasteiger partial charge in [0.25, 0.3) is 0 Å². The molecule has 5 nitrogen and oxygen atoms in total. The summed E-state index contributed by atoms with van der Waals surface area (Å²) in [6.45, 7) is 5.71. The molecule has 0 bridgehead atoms. The van der Waals surface area contributed by atoms with Gasteiger partial charge >= 0.3 is 5.97 Å². The second-order valence-electron chi connectivity index (χ2n) is 5.55. The Morgan fingerprint density at radius 1 is 1.22 bits per heavy atom. The Morgan fingerprint density at radius 3 is 2.48 bits per heavy atom. The Bertz CT molecular complexity index is 705. The maximum Gasteiger partial charge on any atom is 0.339 e. The summed E-state index contributed by atoms with van der Waals surface area (Å²) in [5.41, 5.74) is 3.29. The Labute approximate surface area is 136 Å². The number of hydrogen-bond donors (Lipinski definition) is 2. The van der Waals surface area contributed by atoms with Crippen molar-refractivity contribution in [3.63, 3.8) is 0 Å². The average molecular weight is 314 g/mol. The third-order valence-electron chi connectivity index (χ3n) is 3.97. The number of aromatic amines is 1. The van der Waals surface area contributed by atoms with E-state index >= 15 is 0 Å². The highest BCUT2D eigenvalue weighted by atomic mass is 16.5. The van der Waals surface area contributed by atoms with E-state index in [2.05, 4.69) is 10.3 Å². The minimum atomic E-state index is -0.430. The summed E-state index contributed by atoms with van der Waals surface area (Å²) in [7, 11) is 1.33. The number of rotatable bonds is 6. The van der Waals surface area contributed by atoms with Crippen LogP contribution >= 0.6 is 0 Å². The van der Waals surface area contributed by atoms with Crippen LogP contribution < -0.4 is 5.32 Å². The molecule has 0 aliphatic carbocycles. The van der Waals surface area contributed by atoms with Crippen LogP contribution in [-0.2, 0) is 4.74 Å². The van der Waals surface area contributed by atoms with Gasteiger partial charge in [-0.3, -0.25) is 4.79 Å². The van der Waals surface area contributed by atoms with Gasteiger partial charge in [-0.15, -0.1) is 0 Å². The molecule has 2 rings (SSSR count). The van der Waals surface area contributed by atoms with E-state index in [9.17, 15) is 9.59 Å². The molecule has 122 valence electrons. The third kappa shape index (κ3) is 3.68. The maximum atomic E-state index is 12.4. The molecule has 2 N–H and O–H groups in total. The number of esters is 1. The minimum Gasteiger partial charge on any atom is -0.465 e. The fraction of sp³-hybridized carbons (Fsp3) is 0.333. The lowest BCUT2D eigenvalue weighted by molar-refractivity contribution is 0.0599. The molecule has 1 heterocycles. The number of ether oxygens (including phenoxy) is 1. The fourth-order valence-electron chi connectivity index (χ4n) is 2.63. The zero-order chi connectivity index (χ0) is 17.0. The van der Waals surface area contributed by atoms with Crippen LogP contribution in [0.3, 0.4) is 0 Å². The fourth-order valence-corrected chi connectivity index (χ4v) is 2.63. The van der Waals surface area contributed by atoms with Crippen LogP contribution in [0.25, 0.3) is 0 Å². The first kappa shape index (κ1) is 17.0. The first-order chi connectivity index (χ1) is 11.0. The van der Waals surface area contributed by atoms with Gasteiger partial charge in [-0.05, 0) is 31.9 Å². The maximum absolute atomic E-state index is 12.4. The first-order valence-electron chi connectivity index (χ1n) is 7.54. The summed E-state index contributed by atoms with van der Waals surface area (Å²) in [5, 5.41) is 3.21. The SMILES string of the molecule is COC(=O)c1c(C)[nH]c(C(=O)CN[C@@H](C)c2ccccc2)c1C. The highest BCUT2D eigenvalue weighted by Crippen LogP contribution is 2.19. The van der Waals surface area contributed by atoms with E-state index in [1.54, 1.807) is 13.8 Å². The summed E-state index contributed by atoms with van der Waals surface area (Å²) in [6.07, 6.45) is 0. The number of aryl methyl sites for hydroxylation is 1. The van der Waals surface area contributed by atoms with E-state index < -0.39 is 5.97 Å². The summed E-state index contributed by atoms with van der Waals surface area (Å²) >= 11 is 0. The molecule has 5 heteroatoms. The Hall–Kier alpha value is -2.40. The Balaban J connectivity index is 2.08. The lowest BCUT2D eigenvalue weighted by Gasteiger charge is -2.13. The van der Waals surface area contributed by atoms with Crippen LogP contribution in [0.2, 0.25) is 0 Å². The van der Waals surface area contributed by atoms with Gasteiger partial charge < -0.3 is 15.0 Å². The van der Waals surface area contributed by atoms with Crippen LogP contribution in [-0.4, -0.2) is 30.4 Å². The number of nitrogens with one attached hydrogen (secondary N) is 2. The van der Waals surface area contributed by atoms with E-state index in [1.807, 2.05) is 37.3 Å². The summed E-state index contributed by atoms with van der Waals surface area (Å²) in [5.74, 6) is -0.510. The van der Waals surface area contributed by atoms with E-state index in [0.717, 1.165) is 5.56 Å². The number of Topliss-reactive ketones (excluding diaryl/α,β-unsaturated/α-hetero) is 1. The number of H-pyrrole nitrogens is 1. The van der Waals surface area contributed by atoms with Crippen LogP contribution in [0.1, 0.15) is 50.6 Å². The molecule has 0 fully saturated rings. The van der Waals surface area contributed by atoms with Gasteiger partial charge in [0.2, 0.25) is 0 Å². The second kappa shape index (κ2) is 7.24. The van der Waals surface area contributed by atoms with Gasteiger partial charge in [-0.25, -0.2) is 4.79 Å². The summed E-state index contributed by atoms with van der Waals surface area (Å²) in [4.78, 5) is 27.2. The number of hydrogen-bond acceptors (Lipinski definition) is 4. The molecule has 0 spiro atoms. The lowest BCUT2D eigenvalue weighted by Crippen LogP contribution is -2.26. The van der Waals surface area contributed by atoms with Gasteiger partial charge in [0, 0.05) is 11.7 Å².